The Kier molecular flexibility index (Phi) is 18.9. The maximum absolute atomic E-state index is 12.1. The third-order valence-electron chi connectivity index (χ3n) is 6.78. The molecule has 2 rings (SSSR count). The van der Waals surface area contributed by atoms with Crippen molar-refractivity contribution in [1.29, 1.82) is 0 Å². The Morgan fingerprint density at radius 3 is 1.23 bits per heavy atom. The van der Waals surface area contributed by atoms with Crippen LogP contribution < -0.4 is 35.8 Å². The Bertz CT molecular complexity index is 1080. The molecule has 0 aliphatic rings. The molecule has 0 saturated carbocycles. The van der Waals surface area contributed by atoms with Crippen molar-refractivity contribution in [1.82, 2.24) is 0 Å². The smallest absolute Gasteiger partial charge is 0.460 e. The predicted molar refractivity (Wildman–Crippen MR) is 154 cm³/mol. The molecule has 268 valence electrons. The van der Waals surface area contributed by atoms with Crippen molar-refractivity contribution in [3.8, 4) is 11.5 Å². The van der Waals surface area contributed by atoms with Crippen molar-refractivity contribution in [3.63, 3.8) is 0 Å². The first-order valence-electron chi connectivity index (χ1n) is 15.5. The summed E-state index contributed by atoms with van der Waals surface area (Å²) in [6.07, 6.45) is 8.58. The van der Waals surface area contributed by atoms with Crippen LogP contribution >= 0.6 is 0 Å². The molecule has 0 radical (unpaired) electrons. The summed E-state index contributed by atoms with van der Waals surface area (Å²) in [6.45, 7) is 6.19. The molecule has 47 heavy (non-hydrogen) atoms. The normalized spacial score (nSPS) is 12.3. The molecule has 0 heterocycles. The number of halogens is 10. The molecule has 0 fully saturated rings. The Morgan fingerprint density at radius 2 is 0.915 bits per heavy atom. The summed E-state index contributed by atoms with van der Waals surface area (Å²) in [5.74, 6) is -23.1. The molecule has 0 aliphatic carbocycles. The number of aliphatic carboxylic acids is 1. The van der Waals surface area contributed by atoms with Crippen LogP contribution in [-0.2, 0) is 4.79 Å². The van der Waals surface area contributed by atoms with Crippen molar-refractivity contribution < 1.29 is 80.1 Å². The van der Waals surface area contributed by atoms with E-state index in [0.29, 0.717) is 0 Å². The van der Waals surface area contributed by atoms with E-state index in [4.69, 9.17) is 9.47 Å². The van der Waals surface area contributed by atoms with Gasteiger partial charge in [0, 0.05) is 0 Å². The van der Waals surface area contributed by atoms with Gasteiger partial charge in [0.1, 0.15) is 17.5 Å². The minimum Gasteiger partial charge on any atom is -0.544 e. The number of benzene rings is 2. The molecular weight excluding hydrogens is 758 g/mol. The lowest BCUT2D eigenvalue weighted by Gasteiger charge is -2.33. The molecular formula is C33H42F9IO4. The van der Waals surface area contributed by atoms with Gasteiger partial charge in [-0.1, -0.05) is 78.1 Å². The maximum Gasteiger partial charge on any atom is 0.460 e. The van der Waals surface area contributed by atoms with Crippen LogP contribution in [0.5, 0.6) is 11.5 Å². The first kappa shape index (κ1) is 42.6. The van der Waals surface area contributed by atoms with E-state index in [1.165, 1.54) is 71.3 Å². The number of hydrogen-bond donors (Lipinski definition) is 0. The van der Waals surface area contributed by atoms with E-state index in [2.05, 4.69) is 62.4 Å². The number of unbranched alkanes of at least 4 members (excludes halogenated alkanes) is 10. The van der Waals surface area contributed by atoms with Gasteiger partial charge in [-0.15, -0.1) is 0 Å². The van der Waals surface area contributed by atoms with E-state index in [0.717, 1.165) is 37.6 Å². The molecule has 0 aromatic heterocycles. The van der Waals surface area contributed by atoms with Crippen LogP contribution in [-0.4, -0.2) is 43.1 Å². The second-order valence-corrected chi connectivity index (χ2v) is 13.8. The van der Waals surface area contributed by atoms with Gasteiger partial charge in [0.15, 0.2) is 7.14 Å². The number of ether oxygens (including phenoxy) is 2. The number of alkyl halides is 9. The monoisotopic (exact) mass is 800 g/mol. The van der Waals surface area contributed by atoms with Gasteiger partial charge >= 0.3 is 45.1 Å². The summed E-state index contributed by atoms with van der Waals surface area (Å²) in [4.78, 5) is 9.40. The van der Waals surface area contributed by atoms with Gasteiger partial charge < -0.3 is 19.4 Å². The van der Waals surface area contributed by atoms with Crippen LogP contribution in [0.1, 0.15) is 90.9 Å². The van der Waals surface area contributed by atoms with Crippen LogP contribution in [0.2, 0.25) is 0 Å². The standard InChI is InChI=1S/C28H42IO2.C5HF9O2/c1-3-5-7-9-11-13-23-30-27-19-15-25(16-20-27)29-26-17-21-28(22-18-26)31-24-14-12-10-8-6-4-2;6-2(7,1(15)16)3(8,9)4(10,11)5(12,13)14/h15-22H,3-14,23-24H2,1-2H3;(H,15,16)/q+1;/p-1. The average molecular weight is 801 g/mol. The van der Waals surface area contributed by atoms with Gasteiger partial charge in [-0.3, -0.25) is 0 Å². The fourth-order valence-electron chi connectivity index (χ4n) is 3.96. The van der Waals surface area contributed by atoms with E-state index in [9.17, 15) is 49.4 Å². The molecule has 0 aliphatic heterocycles. The Labute approximate surface area is 280 Å². The zero-order valence-electron chi connectivity index (χ0n) is 26.4. The molecule has 0 atom stereocenters. The van der Waals surface area contributed by atoms with Crippen molar-refractivity contribution in [2.75, 3.05) is 13.2 Å². The van der Waals surface area contributed by atoms with Gasteiger partial charge in [0.25, 0.3) is 0 Å². The minimum absolute atomic E-state index is 0.160. The summed E-state index contributed by atoms with van der Waals surface area (Å²) in [6, 6.07) is 17.4. The summed E-state index contributed by atoms with van der Waals surface area (Å²) in [5.41, 5.74) is 0. The summed E-state index contributed by atoms with van der Waals surface area (Å²) in [5, 5.41) is 9.40. The summed E-state index contributed by atoms with van der Waals surface area (Å²) >= 11 is -0.160. The lowest BCUT2D eigenvalue weighted by molar-refractivity contribution is -0.597. The first-order chi connectivity index (χ1) is 22.0. The van der Waals surface area contributed by atoms with E-state index in [-0.39, 0.29) is 21.2 Å². The first-order valence-corrected chi connectivity index (χ1v) is 17.7. The van der Waals surface area contributed by atoms with Gasteiger partial charge in [-0.25, -0.2) is 0 Å². The summed E-state index contributed by atoms with van der Waals surface area (Å²) < 4.78 is 121. The average Bonchev–Trinajstić information content (AvgIpc) is 3.01. The topological polar surface area (TPSA) is 58.6 Å². The molecule has 0 spiro atoms. The van der Waals surface area contributed by atoms with Crippen LogP contribution in [0.3, 0.4) is 0 Å². The number of hydrogen-bond acceptors (Lipinski definition) is 4. The van der Waals surface area contributed by atoms with E-state index < -0.39 is 29.9 Å². The highest BCUT2D eigenvalue weighted by Gasteiger charge is 2.82. The van der Waals surface area contributed by atoms with Crippen molar-refractivity contribution in [3.05, 3.63) is 55.7 Å². The number of carboxylic acid groups (broad SMARTS) is 1. The third-order valence-corrected chi connectivity index (χ3v) is 9.46. The largest absolute Gasteiger partial charge is 0.544 e. The molecule has 0 amide bonds. The predicted octanol–water partition coefficient (Wildman–Crippen LogP) is 6.50. The third kappa shape index (κ3) is 14.3. The second kappa shape index (κ2) is 20.9. The van der Waals surface area contributed by atoms with Crippen LogP contribution in [0, 0.1) is 7.14 Å². The van der Waals surface area contributed by atoms with Crippen LogP contribution in [0.4, 0.5) is 39.5 Å². The molecule has 0 saturated heterocycles. The number of carboxylic acids is 1. The SMILES string of the molecule is CCCCCCCCOc1ccc([I+]c2ccc(OCCCCCCCC)cc2)cc1.O=C([O-])C(F)(F)C(F)(F)C(F)(F)C(F)(F)F. The Balaban J connectivity index is 0.000000584. The highest BCUT2D eigenvalue weighted by molar-refractivity contribution is 5.75. The molecule has 0 N–H and O–H groups in total. The van der Waals surface area contributed by atoms with Crippen molar-refractivity contribution in [2.24, 2.45) is 0 Å². The number of carbonyl (C=O) groups is 1. The highest BCUT2D eigenvalue weighted by Crippen LogP contribution is 2.52. The molecule has 0 unspecified atom stereocenters. The van der Waals surface area contributed by atoms with E-state index in [1.807, 2.05) is 0 Å². The van der Waals surface area contributed by atoms with Crippen molar-refractivity contribution >= 4 is 5.97 Å². The Morgan fingerprint density at radius 1 is 0.574 bits per heavy atom. The quantitative estimate of drug-likeness (QED) is 0.0823. The van der Waals surface area contributed by atoms with Gasteiger partial charge in [-0.05, 0) is 61.4 Å². The summed E-state index contributed by atoms with van der Waals surface area (Å²) in [7, 11) is 0. The lowest BCUT2D eigenvalue weighted by Crippen LogP contribution is -3.61. The fraction of sp³-hybridized carbons (Fsp3) is 0.606. The van der Waals surface area contributed by atoms with Gasteiger partial charge in [0.2, 0.25) is 0 Å². The van der Waals surface area contributed by atoms with Gasteiger partial charge in [0.05, 0.1) is 13.2 Å². The minimum atomic E-state index is -7.20. The molecule has 2 aromatic rings. The lowest BCUT2D eigenvalue weighted by atomic mass is 10.0. The zero-order chi connectivity index (χ0) is 35.6. The van der Waals surface area contributed by atoms with Crippen molar-refractivity contribution in [2.45, 2.75) is 115 Å². The van der Waals surface area contributed by atoms with Crippen LogP contribution in [0.15, 0.2) is 48.5 Å². The molecule has 14 heteroatoms. The molecule has 2 aromatic carbocycles. The molecule has 0 bridgehead atoms. The molecule has 4 nitrogen and oxygen atoms in total. The number of rotatable bonds is 21. The van der Waals surface area contributed by atoms with Crippen LogP contribution in [0.25, 0.3) is 0 Å². The fourth-order valence-corrected chi connectivity index (χ4v) is 6.12. The van der Waals surface area contributed by atoms with E-state index in [1.54, 1.807) is 0 Å². The van der Waals surface area contributed by atoms with Gasteiger partial charge in [-0.2, -0.15) is 39.5 Å². The maximum atomic E-state index is 12.1. The number of carbonyl (C=O) groups excluding carboxylic acids is 1. The zero-order valence-corrected chi connectivity index (χ0v) is 28.6. The Hall–Kier alpha value is -2.39. The second-order valence-electron chi connectivity index (χ2n) is 10.7. The van der Waals surface area contributed by atoms with E-state index >= 15 is 0 Å². The highest BCUT2D eigenvalue weighted by atomic mass is 127.